The Hall–Kier alpha value is -1.99. The molecule has 2 aromatic rings. The minimum Gasteiger partial charge on any atom is -0.323 e. The van der Waals surface area contributed by atoms with Crippen molar-refractivity contribution in [3.05, 3.63) is 52.5 Å². The largest absolute Gasteiger partial charge is 0.323 e. The maximum absolute atomic E-state index is 13.1. The van der Waals surface area contributed by atoms with Crippen molar-refractivity contribution < 1.29 is 9.18 Å². The smallest absolute Gasteiger partial charge is 0.274 e. The van der Waals surface area contributed by atoms with E-state index in [4.69, 9.17) is 5.84 Å². The number of halogens is 2. The molecule has 0 radical (unpaired) electrons. The summed E-state index contributed by atoms with van der Waals surface area (Å²) in [5.74, 6) is 4.33. The van der Waals surface area contributed by atoms with Crippen molar-refractivity contribution in [1.29, 1.82) is 0 Å². The maximum atomic E-state index is 13.1. The van der Waals surface area contributed by atoms with Crippen LogP contribution in [0.15, 0.2) is 41.0 Å². The molecular weight excluding hydrogens is 315 g/mol. The standard InChI is InChI=1S/C12H10BrFN4O/c13-9-3-1-7(14)5-11(9)17-12(19)10-4-2-8(18-15)6-16-10/h1-6,18H,15H2,(H,17,19). The average Bonchev–Trinajstić information content (AvgIpc) is 2.43. The summed E-state index contributed by atoms with van der Waals surface area (Å²) in [4.78, 5) is 15.8. The summed E-state index contributed by atoms with van der Waals surface area (Å²) in [6.45, 7) is 0. The number of anilines is 2. The van der Waals surface area contributed by atoms with Gasteiger partial charge in [-0.25, -0.2) is 9.37 Å². The van der Waals surface area contributed by atoms with E-state index < -0.39 is 11.7 Å². The number of hydrogen-bond donors (Lipinski definition) is 3. The number of pyridine rings is 1. The molecule has 0 atom stereocenters. The minimum atomic E-state index is -0.436. The number of aromatic nitrogens is 1. The molecule has 0 unspecified atom stereocenters. The first-order chi connectivity index (χ1) is 9.10. The van der Waals surface area contributed by atoms with Gasteiger partial charge in [0, 0.05) is 4.47 Å². The van der Waals surface area contributed by atoms with Crippen molar-refractivity contribution in [2.45, 2.75) is 0 Å². The van der Waals surface area contributed by atoms with Gasteiger partial charge >= 0.3 is 0 Å². The summed E-state index contributed by atoms with van der Waals surface area (Å²) in [5, 5.41) is 2.56. The van der Waals surface area contributed by atoms with Crippen molar-refractivity contribution in [2.75, 3.05) is 10.7 Å². The lowest BCUT2D eigenvalue weighted by atomic mass is 10.2. The summed E-state index contributed by atoms with van der Waals surface area (Å²) in [6.07, 6.45) is 1.43. The lowest BCUT2D eigenvalue weighted by molar-refractivity contribution is 0.102. The number of benzene rings is 1. The number of nitrogens with one attached hydrogen (secondary N) is 2. The molecule has 2 rings (SSSR count). The van der Waals surface area contributed by atoms with E-state index in [1.807, 2.05) is 0 Å². The quantitative estimate of drug-likeness (QED) is 0.598. The second-order valence-electron chi connectivity index (χ2n) is 3.65. The molecule has 7 heteroatoms. The van der Waals surface area contributed by atoms with E-state index in [1.54, 1.807) is 6.07 Å². The number of nitrogen functional groups attached to an aromatic ring is 1. The third-order valence-electron chi connectivity index (χ3n) is 2.34. The zero-order valence-corrected chi connectivity index (χ0v) is 11.2. The number of rotatable bonds is 3. The lowest BCUT2D eigenvalue weighted by Crippen LogP contribution is -2.15. The zero-order valence-electron chi connectivity index (χ0n) is 9.65. The molecule has 1 heterocycles. The Bertz CT molecular complexity index is 603. The highest BCUT2D eigenvalue weighted by atomic mass is 79.9. The number of carbonyl (C=O) groups excluding carboxylic acids is 1. The van der Waals surface area contributed by atoms with Gasteiger partial charge in [0.2, 0.25) is 0 Å². The highest BCUT2D eigenvalue weighted by Crippen LogP contribution is 2.23. The van der Waals surface area contributed by atoms with Gasteiger partial charge in [-0.1, -0.05) is 0 Å². The van der Waals surface area contributed by atoms with Crippen LogP contribution in [0.1, 0.15) is 10.5 Å². The van der Waals surface area contributed by atoms with Crippen LogP contribution in [0.2, 0.25) is 0 Å². The summed E-state index contributed by atoms with van der Waals surface area (Å²) in [6, 6.07) is 7.15. The molecule has 0 aliphatic carbocycles. The van der Waals surface area contributed by atoms with Crippen LogP contribution < -0.4 is 16.6 Å². The second-order valence-corrected chi connectivity index (χ2v) is 4.51. The van der Waals surface area contributed by atoms with Gasteiger partial charge in [0.25, 0.3) is 5.91 Å². The first-order valence-electron chi connectivity index (χ1n) is 5.29. The number of amides is 1. The van der Waals surface area contributed by atoms with Gasteiger partial charge in [-0.15, -0.1) is 0 Å². The molecule has 0 aliphatic heterocycles. The van der Waals surface area contributed by atoms with E-state index in [-0.39, 0.29) is 5.69 Å². The van der Waals surface area contributed by atoms with Crippen molar-refractivity contribution >= 4 is 33.2 Å². The van der Waals surface area contributed by atoms with Gasteiger partial charge in [0.15, 0.2) is 0 Å². The van der Waals surface area contributed by atoms with E-state index in [0.29, 0.717) is 15.8 Å². The normalized spacial score (nSPS) is 10.1. The fraction of sp³-hybridized carbons (Fsp3) is 0. The van der Waals surface area contributed by atoms with Crippen LogP contribution in [0.3, 0.4) is 0 Å². The maximum Gasteiger partial charge on any atom is 0.274 e. The van der Waals surface area contributed by atoms with Crippen LogP contribution in [0.5, 0.6) is 0 Å². The Labute approximate surface area is 117 Å². The molecule has 5 nitrogen and oxygen atoms in total. The van der Waals surface area contributed by atoms with Crippen LogP contribution in [0, 0.1) is 5.82 Å². The van der Waals surface area contributed by atoms with E-state index in [0.717, 1.165) is 0 Å². The van der Waals surface area contributed by atoms with Gasteiger partial charge in [0.1, 0.15) is 11.5 Å². The van der Waals surface area contributed by atoms with Crippen LogP contribution in [0.25, 0.3) is 0 Å². The van der Waals surface area contributed by atoms with Crippen LogP contribution in [0.4, 0.5) is 15.8 Å². The molecule has 98 valence electrons. The molecule has 0 spiro atoms. The van der Waals surface area contributed by atoms with E-state index in [1.165, 1.54) is 30.5 Å². The lowest BCUT2D eigenvalue weighted by Gasteiger charge is -2.07. The zero-order chi connectivity index (χ0) is 13.8. The highest BCUT2D eigenvalue weighted by molar-refractivity contribution is 9.10. The molecule has 1 amide bonds. The van der Waals surface area contributed by atoms with Crippen LogP contribution in [-0.2, 0) is 0 Å². The third kappa shape index (κ3) is 3.27. The van der Waals surface area contributed by atoms with E-state index >= 15 is 0 Å². The summed E-state index contributed by atoms with van der Waals surface area (Å²) >= 11 is 3.23. The molecule has 0 bridgehead atoms. The Kier molecular flexibility index (Phi) is 4.08. The molecule has 0 fully saturated rings. The number of nitrogens with two attached hydrogens (primary N) is 1. The van der Waals surface area contributed by atoms with Gasteiger partial charge in [-0.3, -0.25) is 10.6 Å². The minimum absolute atomic E-state index is 0.204. The van der Waals surface area contributed by atoms with Crippen molar-refractivity contribution in [3.8, 4) is 0 Å². The fourth-order valence-corrected chi connectivity index (χ4v) is 1.74. The molecule has 1 aromatic heterocycles. The van der Waals surface area contributed by atoms with Crippen LogP contribution in [-0.4, -0.2) is 10.9 Å². The monoisotopic (exact) mass is 324 g/mol. The van der Waals surface area contributed by atoms with E-state index in [2.05, 4.69) is 31.7 Å². The van der Waals surface area contributed by atoms with Crippen LogP contribution >= 0.6 is 15.9 Å². The van der Waals surface area contributed by atoms with E-state index in [9.17, 15) is 9.18 Å². The predicted molar refractivity (Wildman–Crippen MR) is 74.1 cm³/mol. The van der Waals surface area contributed by atoms with Gasteiger partial charge in [0.05, 0.1) is 17.6 Å². The van der Waals surface area contributed by atoms with Gasteiger partial charge in [-0.05, 0) is 46.3 Å². The number of carbonyl (C=O) groups is 1. The SMILES string of the molecule is NNc1ccc(C(=O)Nc2cc(F)ccc2Br)nc1. The summed E-state index contributed by atoms with van der Waals surface area (Å²) in [7, 11) is 0. The molecule has 19 heavy (non-hydrogen) atoms. The molecule has 0 saturated carbocycles. The first-order valence-corrected chi connectivity index (χ1v) is 6.08. The average molecular weight is 325 g/mol. The molecule has 4 N–H and O–H groups in total. The summed E-state index contributed by atoms with van der Waals surface area (Å²) < 4.78 is 13.7. The molecule has 0 saturated heterocycles. The molecular formula is C12H10BrFN4O. The Morgan fingerprint density at radius 2 is 2.11 bits per heavy atom. The number of hydrogen-bond acceptors (Lipinski definition) is 4. The molecule has 0 aliphatic rings. The first kappa shape index (κ1) is 13.4. The molecule has 1 aromatic carbocycles. The Morgan fingerprint density at radius 1 is 1.32 bits per heavy atom. The number of nitrogens with zero attached hydrogens (tertiary/aromatic N) is 1. The van der Waals surface area contributed by atoms with Crippen molar-refractivity contribution in [2.24, 2.45) is 5.84 Å². The van der Waals surface area contributed by atoms with Gasteiger partial charge in [-0.2, -0.15) is 0 Å². The van der Waals surface area contributed by atoms with Crippen molar-refractivity contribution in [1.82, 2.24) is 4.98 Å². The third-order valence-corrected chi connectivity index (χ3v) is 3.03. The topological polar surface area (TPSA) is 80.0 Å². The fourth-order valence-electron chi connectivity index (χ4n) is 1.39. The van der Waals surface area contributed by atoms with Gasteiger partial charge < -0.3 is 10.7 Å². The highest BCUT2D eigenvalue weighted by Gasteiger charge is 2.10. The Balaban J connectivity index is 2.18. The second kappa shape index (κ2) is 5.77. The summed E-state index contributed by atoms with van der Waals surface area (Å²) in [5.41, 5.74) is 3.54. The van der Waals surface area contributed by atoms with Crippen molar-refractivity contribution in [3.63, 3.8) is 0 Å². The number of hydrazine groups is 1. The predicted octanol–water partition coefficient (Wildman–Crippen LogP) is 2.52. The Morgan fingerprint density at radius 3 is 2.74 bits per heavy atom.